The Morgan fingerprint density at radius 1 is 1.39 bits per heavy atom. The van der Waals surface area contributed by atoms with Crippen LogP contribution >= 0.6 is 11.6 Å². The van der Waals surface area contributed by atoms with Gasteiger partial charge in [0, 0.05) is 17.1 Å². The van der Waals surface area contributed by atoms with Crippen LogP contribution < -0.4 is 0 Å². The van der Waals surface area contributed by atoms with Crippen molar-refractivity contribution in [3.8, 4) is 0 Å². The molecule has 2 atom stereocenters. The van der Waals surface area contributed by atoms with Gasteiger partial charge in [-0.05, 0) is 32.0 Å². The first-order valence-corrected chi connectivity index (χ1v) is 6.83. The molecule has 100 valence electrons. The average Bonchev–Trinajstić information content (AvgIpc) is 2.36. The maximum atomic E-state index is 12.3. The molecule has 0 fully saturated rings. The lowest BCUT2D eigenvalue weighted by molar-refractivity contribution is 0.0854. The molecule has 2 nitrogen and oxygen atoms in total. The Morgan fingerprint density at radius 2 is 2.06 bits per heavy atom. The standard InChI is InChI=1S/C15H22ClNO/c1-5-11(2)10-17(4)12(3)15(18)13-7-6-8-14(16)9-13/h6-9,11-12H,5,10H2,1-4H3. The summed E-state index contributed by atoms with van der Waals surface area (Å²) in [6.07, 6.45) is 1.13. The van der Waals surface area contributed by atoms with E-state index in [-0.39, 0.29) is 11.8 Å². The van der Waals surface area contributed by atoms with E-state index in [4.69, 9.17) is 11.6 Å². The third-order valence-corrected chi connectivity index (χ3v) is 3.68. The molecule has 0 N–H and O–H groups in total. The van der Waals surface area contributed by atoms with Gasteiger partial charge in [0.15, 0.2) is 5.78 Å². The number of likely N-dealkylation sites (N-methyl/N-ethyl adjacent to an activating group) is 1. The minimum Gasteiger partial charge on any atom is -0.296 e. The van der Waals surface area contributed by atoms with Crippen molar-refractivity contribution in [2.45, 2.75) is 33.2 Å². The van der Waals surface area contributed by atoms with Crippen LogP contribution in [0.4, 0.5) is 0 Å². The Labute approximate surface area is 115 Å². The Kier molecular flexibility index (Phi) is 5.83. The van der Waals surface area contributed by atoms with Crippen molar-refractivity contribution in [1.82, 2.24) is 4.90 Å². The van der Waals surface area contributed by atoms with Crippen LogP contribution in [0.3, 0.4) is 0 Å². The fourth-order valence-corrected chi connectivity index (χ4v) is 2.05. The molecule has 0 heterocycles. The molecule has 1 aromatic carbocycles. The Morgan fingerprint density at radius 3 is 2.61 bits per heavy atom. The largest absolute Gasteiger partial charge is 0.296 e. The number of halogens is 1. The number of Topliss-reactive ketones (excluding diaryl/α,β-unsaturated/α-hetero) is 1. The number of ketones is 1. The van der Waals surface area contributed by atoms with Crippen LogP contribution in [0, 0.1) is 5.92 Å². The quantitative estimate of drug-likeness (QED) is 0.729. The maximum absolute atomic E-state index is 12.3. The SMILES string of the molecule is CCC(C)CN(C)C(C)C(=O)c1cccc(Cl)c1. The van der Waals surface area contributed by atoms with Gasteiger partial charge in [-0.3, -0.25) is 9.69 Å². The normalized spacial score (nSPS) is 14.6. The van der Waals surface area contributed by atoms with Crippen LogP contribution in [-0.2, 0) is 0 Å². The average molecular weight is 268 g/mol. The molecule has 1 rings (SSSR count). The highest BCUT2D eigenvalue weighted by Crippen LogP contribution is 2.15. The molecule has 0 saturated carbocycles. The molecule has 0 aromatic heterocycles. The first-order chi connectivity index (χ1) is 8.45. The van der Waals surface area contributed by atoms with Crippen molar-refractivity contribution in [2.24, 2.45) is 5.92 Å². The molecular formula is C15H22ClNO. The number of hydrogen-bond acceptors (Lipinski definition) is 2. The summed E-state index contributed by atoms with van der Waals surface area (Å²) < 4.78 is 0. The lowest BCUT2D eigenvalue weighted by atomic mass is 10.0. The van der Waals surface area contributed by atoms with Gasteiger partial charge in [-0.1, -0.05) is 44.0 Å². The van der Waals surface area contributed by atoms with Gasteiger partial charge in [0.2, 0.25) is 0 Å². The minimum atomic E-state index is -0.113. The zero-order chi connectivity index (χ0) is 13.7. The molecule has 0 aliphatic rings. The van der Waals surface area contributed by atoms with Crippen LogP contribution in [0.2, 0.25) is 5.02 Å². The molecule has 0 radical (unpaired) electrons. The van der Waals surface area contributed by atoms with Crippen LogP contribution in [0.15, 0.2) is 24.3 Å². The first-order valence-electron chi connectivity index (χ1n) is 6.45. The van der Waals surface area contributed by atoms with Gasteiger partial charge >= 0.3 is 0 Å². The lowest BCUT2D eigenvalue weighted by Crippen LogP contribution is -2.38. The summed E-state index contributed by atoms with van der Waals surface area (Å²) >= 11 is 5.91. The van der Waals surface area contributed by atoms with Gasteiger partial charge in [-0.15, -0.1) is 0 Å². The molecular weight excluding hydrogens is 246 g/mol. The van der Waals surface area contributed by atoms with Crippen molar-refractivity contribution in [1.29, 1.82) is 0 Å². The second-order valence-electron chi connectivity index (χ2n) is 5.00. The Balaban J connectivity index is 2.71. The van der Waals surface area contributed by atoms with Crippen LogP contribution in [-0.4, -0.2) is 30.3 Å². The van der Waals surface area contributed by atoms with Gasteiger partial charge in [-0.25, -0.2) is 0 Å². The highest BCUT2D eigenvalue weighted by molar-refractivity contribution is 6.31. The van der Waals surface area contributed by atoms with Gasteiger partial charge in [-0.2, -0.15) is 0 Å². The van der Waals surface area contributed by atoms with E-state index >= 15 is 0 Å². The summed E-state index contributed by atoms with van der Waals surface area (Å²) in [6.45, 7) is 7.25. The molecule has 0 amide bonds. The second-order valence-corrected chi connectivity index (χ2v) is 5.44. The molecule has 0 aliphatic heterocycles. The number of carbonyl (C=O) groups excluding carboxylic acids is 1. The smallest absolute Gasteiger partial charge is 0.179 e. The third kappa shape index (κ3) is 4.11. The van der Waals surface area contributed by atoms with Crippen molar-refractivity contribution in [3.05, 3.63) is 34.9 Å². The minimum absolute atomic E-state index is 0.113. The van der Waals surface area contributed by atoms with Gasteiger partial charge in [0.25, 0.3) is 0 Å². The molecule has 1 aromatic rings. The zero-order valence-electron chi connectivity index (χ0n) is 11.6. The third-order valence-electron chi connectivity index (χ3n) is 3.45. The summed E-state index contributed by atoms with van der Waals surface area (Å²) in [4.78, 5) is 14.4. The summed E-state index contributed by atoms with van der Waals surface area (Å²) in [5.74, 6) is 0.730. The predicted molar refractivity (Wildman–Crippen MR) is 77.3 cm³/mol. The molecule has 0 aliphatic carbocycles. The summed E-state index contributed by atoms with van der Waals surface area (Å²) in [5.41, 5.74) is 0.686. The topological polar surface area (TPSA) is 20.3 Å². The molecule has 18 heavy (non-hydrogen) atoms. The van der Waals surface area contributed by atoms with Crippen molar-refractivity contribution in [3.63, 3.8) is 0 Å². The van der Waals surface area contributed by atoms with E-state index in [1.54, 1.807) is 12.1 Å². The van der Waals surface area contributed by atoms with Crippen molar-refractivity contribution < 1.29 is 4.79 Å². The van der Waals surface area contributed by atoms with E-state index in [0.29, 0.717) is 16.5 Å². The highest BCUT2D eigenvalue weighted by atomic mass is 35.5. The molecule has 3 heteroatoms. The molecule has 0 bridgehead atoms. The van der Waals surface area contributed by atoms with Gasteiger partial charge in [0.1, 0.15) is 0 Å². The number of nitrogens with zero attached hydrogens (tertiary/aromatic N) is 1. The monoisotopic (exact) mass is 267 g/mol. The van der Waals surface area contributed by atoms with E-state index in [1.807, 2.05) is 26.1 Å². The predicted octanol–water partition coefficient (Wildman–Crippen LogP) is 3.89. The van der Waals surface area contributed by atoms with E-state index in [2.05, 4.69) is 18.7 Å². The highest BCUT2D eigenvalue weighted by Gasteiger charge is 2.20. The fraction of sp³-hybridized carbons (Fsp3) is 0.533. The van der Waals surface area contributed by atoms with E-state index in [9.17, 15) is 4.79 Å². The summed E-state index contributed by atoms with van der Waals surface area (Å²) in [6, 6.07) is 7.04. The fourth-order valence-electron chi connectivity index (χ4n) is 1.86. The Bertz CT molecular complexity index is 405. The van der Waals surface area contributed by atoms with Crippen LogP contribution in [0.5, 0.6) is 0 Å². The van der Waals surface area contributed by atoms with Crippen LogP contribution in [0.25, 0.3) is 0 Å². The van der Waals surface area contributed by atoms with Gasteiger partial charge < -0.3 is 0 Å². The first kappa shape index (κ1) is 15.2. The molecule has 0 saturated heterocycles. The lowest BCUT2D eigenvalue weighted by Gasteiger charge is -2.26. The summed E-state index contributed by atoms with van der Waals surface area (Å²) in [7, 11) is 2.00. The maximum Gasteiger partial charge on any atom is 0.179 e. The molecule has 0 spiro atoms. The zero-order valence-corrected chi connectivity index (χ0v) is 12.4. The molecule has 2 unspecified atom stereocenters. The van der Waals surface area contributed by atoms with E-state index < -0.39 is 0 Å². The number of benzene rings is 1. The van der Waals surface area contributed by atoms with Crippen LogP contribution in [0.1, 0.15) is 37.6 Å². The summed E-state index contributed by atoms with van der Waals surface area (Å²) in [5, 5.41) is 0.609. The number of hydrogen-bond donors (Lipinski definition) is 0. The Hall–Kier alpha value is -0.860. The van der Waals surface area contributed by atoms with E-state index in [0.717, 1.165) is 13.0 Å². The number of rotatable bonds is 6. The van der Waals surface area contributed by atoms with Gasteiger partial charge in [0.05, 0.1) is 6.04 Å². The van der Waals surface area contributed by atoms with E-state index in [1.165, 1.54) is 0 Å². The number of carbonyl (C=O) groups is 1. The van der Waals surface area contributed by atoms with Crippen molar-refractivity contribution >= 4 is 17.4 Å². The van der Waals surface area contributed by atoms with Crippen molar-refractivity contribution in [2.75, 3.05) is 13.6 Å². The second kappa shape index (κ2) is 6.91.